The molecule has 0 saturated heterocycles. The molecule has 5 nitrogen and oxygen atoms in total. The smallest absolute Gasteiger partial charge is 0.550 e. The Hall–Kier alpha value is 1.91. The minimum Gasteiger partial charge on any atom is -0.550 e. The number of carbonyl (C=O) groups excluding carboxylic acids is 2. The second-order valence-electron chi connectivity index (χ2n) is 6.97. The van der Waals surface area contributed by atoms with Gasteiger partial charge in [0.05, 0.1) is 5.97 Å². The summed E-state index contributed by atoms with van der Waals surface area (Å²) in [6, 6.07) is -0.901. The van der Waals surface area contributed by atoms with Gasteiger partial charge in [-0.3, -0.25) is 0 Å². The predicted octanol–water partition coefficient (Wildman–Crippen LogP) is -3.51. The monoisotopic (exact) mass is 445 g/mol. The molecule has 0 aliphatic carbocycles. The van der Waals surface area contributed by atoms with Gasteiger partial charge in [-0.05, 0) is 51.5 Å². The molecule has 0 rings (SSSR count). The molecule has 1 atom stereocenters. The van der Waals surface area contributed by atoms with Crippen molar-refractivity contribution in [2.75, 3.05) is 6.54 Å². The topological polar surface area (TPSA) is 92.3 Å². The van der Waals surface area contributed by atoms with E-state index in [0.717, 1.165) is 19.3 Å². The minimum atomic E-state index is -1.25. The standard InChI is InChI=1S/C21H39NO4.2K/c1-2-3-4-5-6-7-8-9-10-11-12-13-14-15-18-22-19(21(25)26)16-17-20(23)24;;/h7-8,19,22H,2-6,9-18H2,1H3,(H,23,24)(H,25,26);;/q;2*+1/p-2/b8-7-;;/t19-;;/m0../s1. The zero-order valence-electron chi connectivity index (χ0n) is 18.5. The Bertz CT molecular complexity index is 393. The Morgan fingerprint density at radius 2 is 1.32 bits per heavy atom. The van der Waals surface area contributed by atoms with E-state index in [1.165, 1.54) is 57.8 Å². The van der Waals surface area contributed by atoms with Crippen LogP contribution < -0.4 is 118 Å². The molecule has 0 spiro atoms. The third-order valence-corrected chi connectivity index (χ3v) is 4.50. The number of hydrogen-bond donors (Lipinski definition) is 1. The van der Waals surface area contributed by atoms with Gasteiger partial charge in [-0.2, -0.15) is 0 Å². The number of unbranched alkanes of at least 4 members (excludes halogenated alkanes) is 10. The maximum absolute atomic E-state index is 10.9. The molecular formula is C21H37K2NO4. The molecule has 7 heteroatoms. The molecule has 0 aromatic carbocycles. The van der Waals surface area contributed by atoms with Gasteiger partial charge >= 0.3 is 103 Å². The molecule has 0 heterocycles. The summed E-state index contributed by atoms with van der Waals surface area (Å²) in [7, 11) is 0. The van der Waals surface area contributed by atoms with Gasteiger partial charge in [0.2, 0.25) is 0 Å². The Labute approximate surface area is 257 Å². The number of carboxylic acid groups (broad SMARTS) is 2. The molecule has 28 heavy (non-hydrogen) atoms. The average molecular weight is 446 g/mol. The van der Waals surface area contributed by atoms with Crippen LogP contribution >= 0.6 is 0 Å². The van der Waals surface area contributed by atoms with Crippen LogP contribution in [0.25, 0.3) is 0 Å². The summed E-state index contributed by atoms with van der Waals surface area (Å²) in [4.78, 5) is 21.3. The molecule has 152 valence electrons. The number of hydrogen-bond acceptors (Lipinski definition) is 5. The predicted molar refractivity (Wildman–Crippen MR) is 101 cm³/mol. The zero-order valence-corrected chi connectivity index (χ0v) is 24.7. The molecule has 0 amide bonds. The first-order valence-corrected chi connectivity index (χ1v) is 10.4. The SMILES string of the molecule is CCCCCC/C=C\CCCCCCCCN[C@@H](CCC(=O)[O-])C(=O)[O-].[K+].[K+]. The zero-order chi connectivity index (χ0) is 19.5. The van der Waals surface area contributed by atoms with Crippen LogP contribution in [0.2, 0.25) is 0 Å². The quantitative estimate of drug-likeness (QED) is 0.126. The number of aliphatic carboxylic acids is 2. The molecule has 0 radical (unpaired) electrons. The van der Waals surface area contributed by atoms with Gasteiger partial charge in [-0.25, -0.2) is 0 Å². The van der Waals surface area contributed by atoms with Crippen LogP contribution in [0.4, 0.5) is 0 Å². The van der Waals surface area contributed by atoms with Crippen LogP contribution in [0.15, 0.2) is 12.2 Å². The second-order valence-corrected chi connectivity index (χ2v) is 6.97. The number of nitrogens with one attached hydrogen (secondary N) is 1. The molecule has 0 aromatic heterocycles. The second kappa shape index (κ2) is 26.9. The van der Waals surface area contributed by atoms with Crippen molar-refractivity contribution >= 4 is 11.9 Å². The fourth-order valence-electron chi connectivity index (χ4n) is 2.86. The summed E-state index contributed by atoms with van der Waals surface area (Å²) >= 11 is 0. The molecule has 0 unspecified atom stereocenters. The van der Waals surface area contributed by atoms with Crippen LogP contribution in [0.3, 0.4) is 0 Å². The van der Waals surface area contributed by atoms with E-state index < -0.39 is 18.0 Å². The first kappa shape index (κ1) is 34.5. The van der Waals surface area contributed by atoms with Crippen molar-refractivity contribution in [3.8, 4) is 0 Å². The van der Waals surface area contributed by atoms with Gasteiger partial charge in [0.25, 0.3) is 0 Å². The normalized spacial score (nSPS) is 11.6. The van der Waals surface area contributed by atoms with Crippen molar-refractivity contribution in [1.29, 1.82) is 0 Å². The van der Waals surface area contributed by atoms with Crippen molar-refractivity contribution in [2.45, 2.75) is 103 Å². The summed E-state index contributed by atoms with van der Waals surface area (Å²) in [5.74, 6) is -2.48. The van der Waals surface area contributed by atoms with E-state index in [0.29, 0.717) is 6.54 Å². The van der Waals surface area contributed by atoms with Gasteiger partial charge < -0.3 is 25.1 Å². The van der Waals surface area contributed by atoms with Crippen molar-refractivity contribution in [2.24, 2.45) is 0 Å². The largest absolute Gasteiger partial charge is 1.00 e. The summed E-state index contributed by atoms with van der Waals surface area (Å²) in [5.41, 5.74) is 0. The fourth-order valence-corrected chi connectivity index (χ4v) is 2.86. The van der Waals surface area contributed by atoms with Crippen LogP contribution in [-0.4, -0.2) is 24.5 Å². The van der Waals surface area contributed by atoms with Crippen molar-refractivity contribution < 1.29 is 123 Å². The minimum absolute atomic E-state index is 0. The van der Waals surface area contributed by atoms with Crippen LogP contribution in [-0.2, 0) is 9.59 Å². The van der Waals surface area contributed by atoms with E-state index in [4.69, 9.17) is 0 Å². The molecular weight excluding hydrogens is 408 g/mol. The van der Waals surface area contributed by atoms with Gasteiger partial charge in [0.1, 0.15) is 0 Å². The van der Waals surface area contributed by atoms with E-state index in [1.807, 2.05) is 0 Å². The fraction of sp³-hybridized carbons (Fsp3) is 0.810. The maximum atomic E-state index is 10.9. The third-order valence-electron chi connectivity index (χ3n) is 4.50. The van der Waals surface area contributed by atoms with E-state index in [1.54, 1.807) is 0 Å². The van der Waals surface area contributed by atoms with Crippen LogP contribution in [0, 0.1) is 0 Å². The molecule has 1 N–H and O–H groups in total. The average Bonchev–Trinajstić information content (AvgIpc) is 2.60. The Kier molecular flexibility index (Phi) is 33.2. The van der Waals surface area contributed by atoms with Crippen molar-refractivity contribution in [3.05, 3.63) is 12.2 Å². The first-order valence-electron chi connectivity index (χ1n) is 10.4. The van der Waals surface area contributed by atoms with E-state index in [-0.39, 0.29) is 116 Å². The Morgan fingerprint density at radius 3 is 1.82 bits per heavy atom. The number of rotatable bonds is 19. The Morgan fingerprint density at radius 1 is 0.821 bits per heavy atom. The van der Waals surface area contributed by atoms with Crippen molar-refractivity contribution in [1.82, 2.24) is 5.32 Å². The summed E-state index contributed by atoms with van der Waals surface area (Å²) in [6.45, 7) is 2.81. The first-order chi connectivity index (χ1) is 12.6. The summed E-state index contributed by atoms with van der Waals surface area (Å²) < 4.78 is 0. The van der Waals surface area contributed by atoms with E-state index in [9.17, 15) is 19.8 Å². The molecule has 0 fully saturated rings. The summed E-state index contributed by atoms with van der Waals surface area (Å²) in [5, 5.41) is 24.1. The van der Waals surface area contributed by atoms with Gasteiger partial charge in [-0.1, -0.05) is 64.0 Å². The third kappa shape index (κ3) is 25.9. The molecule has 0 saturated carbocycles. The van der Waals surface area contributed by atoms with Gasteiger partial charge in [0, 0.05) is 12.0 Å². The molecule has 0 aliphatic heterocycles. The Balaban J connectivity index is -0.00000312. The van der Waals surface area contributed by atoms with Crippen LogP contribution in [0.1, 0.15) is 96.8 Å². The molecule has 0 bridgehead atoms. The van der Waals surface area contributed by atoms with E-state index >= 15 is 0 Å². The molecule has 0 aromatic rings. The maximum Gasteiger partial charge on any atom is 1.00 e. The van der Waals surface area contributed by atoms with Gasteiger partial charge in [-0.15, -0.1) is 0 Å². The number of carbonyl (C=O) groups is 2. The van der Waals surface area contributed by atoms with Crippen molar-refractivity contribution in [3.63, 3.8) is 0 Å². The van der Waals surface area contributed by atoms with Gasteiger partial charge in [0.15, 0.2) is 0 Å². The molecule has 0 aliphatic rings. The number of allylic oxidation sites excluding steroid dienone is 2. The number of carboxylic acids is 2. The van der Waals surface area contributed by atoms with Crippen LogP contribution in [0.5, 0.6) is 0 Å². The van der Waals surface area contributed by atoms with E-state index in [2.05, 4.69) is 24.4 Å². The summed E-state index contributed by atoms with van der Waals surface area (Å²) in [6.07, 6.45) is 18.8.